The van der Waals surface area contributed by atoms with Crippen molar-refractivity contribution in [3.8, 4) is 0 Å². The number of hydrogen-bond donors (Lipinski definition) is 1. The van der Waals surface area contributed by atoms with Crippen molar-refractivity contribution in [2.24, 2.45) is 0 Å². The van der Waals surface area contributed by atoms with Crippen LogP contribution in [0.3, 0.4) is 0 Å². The van der Waals surface area contributed by atoms with E-state index in [-0.39, 0.29) is 6.54 Å². The maximum atomic E-state index is 10.1. The molecule has 6 heteroatoms. The predicted molar refractivity (Wildman–Crippen MR) is 34.7 cm³/mol. The van der Waals surface area contributed by atoms with Crippen LogP contribution in [0.25, 0.3) is 0 Å². The largest absolute Gasteiger partial charge is 0.336 e. The molecule has 0 aliphatic rings. The summed E-state index contributed by atoms with van der Waals surface area (Å²) in [6, 6.07) is 0. The highest BCUT2D eigenvalue weighted by atomic mass is 32.2. The van der Waals surface area contributed by atoms with Crippen molar-refractivity contribution in [1.29, 1.82) is 0 Å². The number of rotatable bonds is 4. The molecule has 1 radical (unpaired) electrons. The Kier molecular flexibility index (Phi) is 3.31. The molecule has 0 aromatic carbocycles. The molecule has 0 aromatic heterocycles. The first-order valence-electron chi connectivity index (χ1n) is 2.50. The van der Waals surface area contributed by atoms with Gasteiger partial charge in [0.15, 0.2) is 0 Å². The Labute approximate surface area is 59.4 Å². The molecule has 0 heterocycles. The molecular weight excluding hydrogens is 158 g/mol. The highest BCUT2D eigenvalue weighted by Gasteiger charge is 2.05. The quantitative estimate of drug-likeness (QED) is 0.423. The lowest BCUT2D eigenvalue weighted by Gasteiger charge is -2.05. The van der Waals surface area contributed by atoms with E-state index < -0.39 is 15.9 Å². The number of carbonyl (C=O) groups excluding carboxylic acids is 1. The summed E-state index contributed by atoms with van der Waals surface area (Å²) in [5.74, 6) is -0.446. The summed E-state index contributed by atoms with van der Waals surface area (Å²) in [5.41, 5.74) is 0. The predicted octanol–water partition coefficient (Wildman–Crippen LogP) is -1.13. The van der Waals surface area contributed by atoms with Crippen LogP contribution in [0.4, 0.5) is 0 Å². The maximum absolute atomic E-state index is 10.1. The van der Waals surface area contributed by atoms with Crippen molar-refractivity contribution in [1.82, 2.24) is 4.90 Å². The van der Waals surface area contributed by atoms with Crippen LogP contribution in [0.2, 0.25) is 0 Å². The molecule has 5 nitrogen and oxygen atoms in total. The van der Waals surface area contributed by atoms with Gasteiger partial charge in [-0.25, -0.2) is 0 Å². The molecule has 0 aromatic rings. The van der Waals surface area contributed by atoms with Crippen molar-refractivity contribution in [2.45, 2.75) is 0 Å². The molecule has 0 spiro atoms. The van der Waals surface area contributed by atoms with Crippen LogP contribution < -0.4 is 0 Å². The first-order chi connectivity index (χ1) is 4.45. The van der Waals surface area contributed by atoms with Crippen LogP contribution >= 0.6 is 0 Å². The van der Waals surface area contributed by atoms with E-state index in [1.165, 1.54) is 13.5 Å². The molecule has 0 atom stereocenters. The van der Waals surface area contributed by atoms with Gasteiger partial charge in [0.2, 0.25) is 0 Å². The zero-order chi connectivity index (χ0) is 8.20. The monoisotopic (exact) mass is 166 g/mol. The highest BCUT2D eigenvalue weighted by Crippen LogP contribution is 1.83. The lowest BCUT2D eigenvalue weighted by molar-refractivity contribution is 0.436. The topological polar surface area (TPSA) is 74.7 Å². The zero-order valence-corrected chi connectivity index (χ0v) is 6.26. The van der Waals surface area contributed by atoms with Crippen LogP contribution in [-0.2, 0) is 14.9 Å². The third-order valence-electron chi connectivity index (χ3n) is 0.840. The van der Waals surface area contributed by atoms with E-state index in [1.54, 1.807) is 0 Å². The van der Waals surface area contributed by atoms with E-state index in [0.29, 0.717) is 0 Å². The van der Waals surface area contributed by atoms with Crippen molar-refractivity contribution >= 4 is 16.5 Å². The molecule has 0 aliphatic carbocycles. The van der Waals surface area contributed by atoms with Gasteiger partial charge in [0.05, 0.1) is 5.75 Å². The lowest BCUT2D eigenvalue weighted by Crippen LogP contribution is -2.23. The second-order valence-corrected chi connectivity index (χ2v) is 3.37. The number of hydrogen-bond acceptors (Lipinski definition) is 3. The van der Waals surface area contributed by atoms with E-state index in [0.717, 1.165) is 4.90 Å². The van der Waals surface area contributed by atoms with E-state index in [4.69, 9.17) is 4.55 Å². The summed E-state index contributed by atoms with van der Waals surface area (Å²) >= 11 is 0. The molecule has 0 rings (SSSR count). The van der Waals surface area contributed by atoms with Gasteiger partial charge < -0.3 is 4.90 Å². The Morgan fingerprint density at radius 3 is 2.40 bits per heavy atom. The number of nitrogens with zero attached hydrogens (tertiary/aromatic N) is 1. The van der Waals surface area contributed by atoms with Crippen molar-refractivity contribution in [3.05, 3.63) is 0 Å². The minimum absolute atomic E-state index is 0.0394. The van der Waals surface area contributed by atoms with Gasteiger partial charge in [0.1, 0.15) is 0 Å². The normalized spacial score (nSPS) is 11.0. The molecule has 10 heavy (non-hydrogen) atoms. The van der Waals surface area contributed by atoms with Gasteiger partial charge in [0.25, 0.3) is 10.1 Å². The average Bonchev–Trinajstić information content (AvgIpc) is 1.81. The van der Waals surface area contributed by atoms with Crippen molar-refractivity contribution < 1.29 is 17.8 Å². The molecule has 0 saturated carbocycles. The summed E-state index contributed by atoms with van der Waals surface area (Å²) in [6.45, 7) is -0.0394. The fourth-order valence-corrected chi connectivity index (χ4v) is 0.803. The van der Waals surface area contributed by atoms with E-state index in [1.807, 2.05) is 0 Å². The van der Waals surface area contributed by atoms with Crippen LogP contribution in [0, 0.1) is 0 Å². The first kappa shape index (κ1) is 9.38. The molecule has 0 saturated heterocycles. The van der Waals surface area contributed by atoms with E-state index in [2.05, 4.69) is 0 Å². The summed E-state index contributed by atoms with van der Waals surface area (Å²) in [5, 5.41) is 0. The first-order valence-corrected chi connectivity index (χ1v) is 4.10. The van der Waals surface area contributed by atoms with Crippen LogP contribution in [0.1, 0.15) is 0 Å². The molecule has 1 N–H and O–H groups in total. The minimum atomic E-state index is -3.95. The van der Waals surface area contributed by atoms with Crippen molar-refractivity contribution in [2.75, 3.05) is 19.3 Å². The number of amides is 1. The maximum Gasteiger partial charge on any atom is 0.311 e. The van der Waals surface area contributed by atoms with Gasteiger partial charge in [-0.05, 0) is 0 Å². The Morgan fingerprint density at radius 2 is 2.10 bits per heavy atom. The zero-order valence-electron chi connectivity index (χ0n) is 5.44. The molecule has 0 aliphatic heterocycles. The van der Waals surface area contributed by atoms with Gasteiger partial charge in [-0.3, -0.25) is 9.35 Å². The second-order valence-electron chi connectivity index (χ2n) is 1.80. The van der Waals surface area contributed by atoms with Gasteiger partial charge in [0, 0.05) is 13.6 Å². The fourth-order valence-electron chi connectivity index (χ4n) is 0.298. The van der Waals surface area contributed by atoms with Gasteiger partial charge in [-0.1, -0.05) is 0 Å². The van der Waals surface area contributed by atoms with Gasteiger partial charge in [-0.2, -0.15) is 8.42 Å². The Hall–Kier alpha value is -0.620. The summed E-state index contributed by atoms with van der Waals surface area (Å²) in [6.07, 6.45) is 1.45. The van der Waals surface area contributed by atoms with Crippen LogP contribution in [0.5, 0.6) is 0 Å². The molecule has 0 bridgehead atoms. The van der Waals surface area contributed by atoms with Crippen LogP contribution in [0.15, 0.2) is 0 Å². The van der Waals surface area contributed by atoms with Crippen LogP contribution in [-0.4, -0.2) is 43.6 Å². The highest BCUT2D eigenvalue weighted by molar-refractivity contribution is 7.85. The fraction of sp³-hybridized carbons (Fsp3) is 0.750. The molecular formula is C4H8NO4S. The third kappa shape index (κ3) is 5.52. The standard InChI is InChI=1S/C4H8NO4S/c1-5(4-6)2-3-10(7,8)9/h2-3H2,1H3,(H,7,8,9). The Balaban J connectivity index is 3.66. The molecule has 0 fully saturated rings. The third-order valence-corrected chi connectivity index (χ3v) is 1.54. The van der Waals surface area contributed by atoms with Gasteiger partial charge >= 0.3 is 6.41 Å². The van der Waals surface area contributed by atoms with Crippen molar-refractivity contribution in [3.63, 3.8) is 0 Å². The summed E-state index contributed by atoms with van der Waals surface area (Å²) < 4.78 is 28.3. The molecule has 1 amide bonds. The van der Waals surface area contributed by atoms with E-state index >= 15 is 0 Å². The summed E-state index contributed by atoms with van der Waals surface area (Å²) in [7, 11) is -2.58. The van der Waals surface area contributed by atoms with E-state index in [9.17, 15) is 13.2 Å². The smallest absolute Gasteiger partial charge is 0.311 e. The second kappa shape index (κ2) is 3.52. The summed E-state index contributed by atoms with van der Waals surface area (Å²) in [4.78, 5) is 10.8. The lowest BCUT2D eigenvalue weighted by atomic mass is 10.7. The van der Waals surface area contributed by atoms with Gasteiger partial charge in [-0.15, -0.1) is 0 Å². The molecule has 0 unspecified atom stereocenters. The average molecular weight is 166 g/mol. The Morgan fingerprint density at radius 1 is 1.60 bits per heavy atom. The Bertz CT molecular complexity index is 197. The molecule has 59 valence electrons. The minimum Gasteiger partial charge on any atom is -0.336 e. The SMILES string of the molecule is CN([C]=O)CCS(=O)(=O)O.